The molecular formula is C19H18N2O4S. The highest BCUT2D eigenvalue weighted by atomic mass is 32.1. The van der Waals surface area contributed by atoms with E-state index in [9.17, 15) is 14.9 Å². The molecule has 1 heterocycles. The minimum atomic E-state index is -1.46. The smallest absolute Gasteiger partial charge is 0.311 e. The number of carbonyl (C=O) groups excluding carboxylic acids is 2. The molecule has 7 heteroatoms. The number of hydrogen-bond acceptors (Lipinski definition) is 6. The normalized spacial score (nSPS) is 23.6. The second-order valence-electron chi connectivity index (χ2n) is 5.89. The van der Waals surface area contributed by atoms with Gasteiger partial charge < -0.3 is 14.8 Å². The minimum absolute atomic E-state index is 0.202. The van der Waals surface area contributed by atoms with Gasteiger partial charge in [-0.15, -0.1) is 11.3 Å². The average molecular weight is 370 g/mol. The van der Waals surface area contributed by atoms with E-state index in [0.29, 0.717) is 11.4 Å². The van der Waals surface area contributed by atoms with Crippen LogP contribution in [-0.2, 0) is 14.3 Å². The van der Waals surface area contributed by atoms with Crippen molar-refractivity contribution in [2.75, 3.05) is 19.0 Å². The number of ether oxygens (including phenoxy) is 2. The first-order chi connectivity index (χ1) is 12.6. The molecule has 1 aliphatic rings. The molecule has 2 aromatic rings. The van der Waals surface area contributed by atoms with Gasteiger partial charge in [-0.05, 0) is 42.6 Å². The molecule has 0 unspecified atom stereocenters. The van der Waals surface area contributed by atoms with Crippen LogP contribution in [0.5, 0.6) is 5.75 Å². The zero-order chi connectivity index (χ0) is 18.7. The summed E-state index contributed by atoms with van der Waals surface area (Å²) in [5.41, 5.74) is -0.929. The van der Waals surface area contributed by atoms with Gasteiger partial charge in [0.25, 0.3) is 0 Å². The molecule has 0 bridgehead atoms. The summed E-state index contributed by atoms with van der Waals surface area (Å²) in [6, 6.07) is 12.6. The van der Waals surface area contributed by atoms with E-state index in [1.165, 1.54) is 11.3 Å². The van der Waals surface area contributed by atoms with Crippen LogP contribution in [0.1, 0.15) is 17.7 Å². The Morgan fingerprint density at radius 1 is 1.31 bits per heavy atom. The first kappa shape index (κ1) is 18.0. The number of nitriles is 1. The summed E-state index contributed by atoms with van der Waals surface area (Å²) < 4.78 is 10.2. The number of methoxy groups -OCH3 is 1. The molecule has 1 aliphatic carbocycles. The second-order valence-corrected chi connectivity index (χ2v) is 6.87. The molecular weight excluding hydrogens is 352 g/mol. The lowest BCUT2D eigenvalue weighted by Gasteiger charge is -2.11. The number of thiophene rings is 1. The molecule has 0 spiro atoms. The fourth-order valence-electron chi connectivity index (χ4n) is 3.18. The van der Waals surface area contributed by atoms with Gasteiger partial charge >= 0.3 is 5.97 Å². The zero-order valence-electron chi connectivity index (χ0n) is 14.4. The van der Waals surface area contributed by atoms with E-state index in [-0.39, 0.29) is 6.61 Å². The number of esters is 1. The lowest BCUT2D eigenvalue weighted by molar-refractivity contribution is -0.146. The van der Waals surface area contributed by atoms with Crippen LogP contribution in [0.4, 0.5) is 5.69 Å². The van der Waals surface area contributed by atoms with Crippen molar-refractivity contribution in [3.63, 3.8) is 0 Å². The highest BCUT2D eigenvalue weighted by molar-refractivity contribution is 7.10. The van der Waals surface area contributed by atoms with E-state index in [1.807, 2.05) is 17.5 Å². The fraction of sp³-hybridized carbons (Fsp3) is 0.316. The molecule has 0 saturated heterocycles. The van der Waals surface area contributed by atoms with Crippen LogP contribution in [0.3, 0.4) is 0 Å². The maximum Gasteiger partial charge on any atom is 0.311 e. The maximum absolute atomic E-state index is 12.9. The highest BCUT2D eigenvalue weighted by Crippen LogP contribution is 2.66. The number of amides is 1. The topological polar surface area (TPSA) is 88.4 Å². The van der Waals surface area contributed by atoms with E-state index in [0.717, 1.165) is 4.88 Å². The summed E-state index contributed by atoms with van der Waals surface area (Å²) in [5, 5.41) is 14.4. The standard InChI is InChI=1S/C19H18N2O4S/c1-3-25-17(22)16-15(14-5-4-10-26-14)19(16,11-20)18(23)21-12-6-8-13(24-2)9-7-12/h4-10,15-16H,3H2,1-2H3,(H,21,23)/t15-,16-,19+/m1/s1. The molecule has 3 rings (SSSR count). The van der Waals surface area contributed by atoms with Crippen LogP contribution < -0.4 is 10.1 Å². The van der Waals surface area contributed by atoms with E-state index in [2.05, 4.69) is 11.4 Å². The van der Waals surface area contributed by atoms with Gasteiger partial charge in [-0.1, -0.05) is 6.07 Å². The molecule has 1 saturated carbocycles. The molecule has 1 fully saturated rings. The monoisotopic (exact) mass is 370 g/mol. The Morgan fingerprint density at radius 3 is 2.58 bits per heavy atom. The van der Waals surface area contributed by atoms with Gasteiger partial charge in [0.2, 0.25) is 5.91 Å². The fourth-order valence-corrected chi connectivity index (χ4v) is 4.12. The van der Waals surface area contributed by atoms with Gasteiger partial charge in [0.05, 0.1) is 25.7 Å². The van der Waals surface area contributed by atoms with Gasteiger partial charge in [-0.2, -0.15) is 5.26 Å². The van der Waals surface area contributed by atoms with Crippen LogP contribution >= 0.6 is 11.3 Å². The third-order valence-corrected chi connectivity index (χ3v) is 5.46. The predicted octanol–water partition coefficient (Wildman–Crippen LogP) is 3.18. The zero-order valence-corrected chi connectivity index (χ0v) is 15.2. The van der Waals surface area contributed by atoms with E-state index < -0.39 is 29.1 Å². The van der Waals surface area contributed by atoms with Gasteiger partial charge in [-0.3, -0.25) is 9.59 Å². The summed E-state index contributed by atoms with van der Waals surface area (Å²) in [6.45, 7) is 1.90. The Morgan fingerprint density at radius 2 is 2.04 bits per heavy atom. The maximum atomic E-state index is 12.9. The number of carbonyl (C=O) groups is 2. The van der Waals surface area contributed by atoms with Gasteiger partial charge in [0.1, 0.15) is 5.75 Å². The minimum Gasteiger partial charge on any atom is -0.497 e. The number of nitrogens with zero attached hydrogens (tertiary/aromatic N) is 1. The van der Waals surface area contributed by atoms with Crippen molar-refractivity contribution in [2.24, 2.45) is 11.3 Å². The molecule has 1 N–H and O–H groups in total. The predicted molar refractivity (Wildman–Crippen MR) is 96.9 cm³/mol. The van der Waals surface area contributed by atoms with E-state index in [1.54, 1.807) is 38.3 Å². The first-order valence-electron chi connectivity index (χ1n) is 8.15. The molecule has 1 aromatic heterocycles. The Kier molecular flexibility index (Phi) is 4.96. The van der Waals surface area contributed by atoms with Crippen molar-refractivity contribution >= 4 is 28.9 Å². The molecule has 26 heavy (non-hydrogen) atoms. The van der Waals surface area contributed by atoms with E-state index in [4.69, 9.17) is 9.47 Å². The number of benzene rings is 1. The second kappa shape index (κ2) is 7.18. The Bertz CT molecular complexity index is 841. The van der Waals surface area contributed by atoms with Crippen LogP contribution in [-0.4, -0.2) is 25.6 Å². The molecule has 1 aromatic carbocycles. The Balaban J connectivity index is 1.88. The molecule has 0 radical (unpaired) electrons. The lowest BCUT2D eigenvalue weighted by Crippen LogP contribution is -2.27. The lowest BCUT2D eigenvalue weighted by atomic mass is 10.0. The summed E-state index contributed by atoms with van der Waals surface area (Å²) in [6.07, 6.45) is 0. The summed E-state index contributed by atoms with van der Waals surface area (Å²) in [5.74, 6) is -1.65. The van der Waals surface area contributed by atoms with Gasteiger partial charge in [0.15, 0.2) is 5.41 Å². The summed E-state index contributed by atoms with van der Waals surface area (Å²) in [4.78, 5) is 26.1. The molecule has 1 amide bonds. The molecule has 3 atom stereocenters. The highest BCUT2D eigenvalue weighted by Gasteiger charge is 2.75. The average Bonchev–Trinajstić information content (AvgIpc) is 3.05. The van der Waals surface area contributed by atoms with Crippen molar-refractivity contribution in [3.05, 3.63) is 46.7 Å². The van der Waals surface area contributed by atoms with Gasteiger partial charge in [0, 0.05) is 16.5 Å². The quantitative estimate of drug-likeness (QED) is 0.789. The number of anilines is 1. The van der Waals surface area contributed by atoms with Crippen LogP contribution in [0.15, 0.2) is 41.8 Å². The molecule has 6 nitrogen and oxygen atoms in total. The van der Waals surface area contributed by atoms with Crippen molar-refractivity contribution in [3.8, 4) is 11.8 Å². The number of nitrogens with one attached hydrogen (secondary N) is 1. The Labute approximate surface area is 155 Å². The van der Waals surface area contributed by atoms with Crippen LogP contribution in [0.2, 0.25) is 0 Å². The third-order valence-electron chi connectivity index (χ3n) is 4.50. The molecule has 0 aliphatic heterocycles. The van der Waals surface area contributed by atoms with Crippen molar-refractivity contribution < 1.29 is 19.1 Å². The van der Waals surface area contributed by atoms with Crippen molar-refractivity contribution in [1.29, 1.82) is 5.26 Å². The number of rotatable bonds is 6. The van der Waals surface area contributed by atoms with Crippen LogP contribution in [0.25, 0.3) is 0 Å². The van der Waals surface area contributed by atoms with E-state index >= 15 is 0 Å². The Hall–Kier alpha value is -2.85. The first-order valence-corrected chi connectivity index (χ1v) is 9.03. The summed E-state index contributed by atoms with van der Waals surface area (Å²) >= 11 is 1.42. The summed E-state index contributed by atoms with van der Waals surface area (Å²) in [7, 11) is 1.55. The third kappa shape index (κ3) is 2.93. The van der Waals surface area contributed by atoms with Crippen LogP contribution in [0, 0.1) is 22.7 Å². The van der Waals surface area contributed by atoms with Crippen molar-refractivity contribution in [1.82, 2.24) is 0 Å². The largest absolute Gasteiger partial charge is 0.497 e. The SMILES string of the molecule is CCOC(=O)[C@H]1[C@@H](c2cccs2)[C@]1(C#N)C(=O)Nc1ccc(OC)cc1. The number of hydrogen-bond donors (Lipinski definition) is 1. The molecule has 134 valence electrons. The van der Waals surface area contributed by atoms with Crippen molar-refractivity contribution in [2.45, 2.75) is 12.8 Å². The van der Waals surface area contributed by atoms with Gasteiger partial charge in [-0.25, -0.2) is 0 Å².